The normalized spacial score (nSPS) is 50.7. The van der Waals surface area contributed by atoms with Crippen LogP contribution in [0.25, 0.3) is 0 Å². The summed E-state index contributed by atoms with van der Waals surface area (Å²) in [5, 5.41) is 32.4. The molecule has 3 N–H and O–H groups in total. The summed E-state index contributed by atoms with van der Waals surface area (Å²) in [6, 6.07) is 0. The summed E-state index contributed by atoms with van der Waals surface area (Å²) in [4.78, 5) is 0. The third kappa shape index (κ3) is 3.72. The molecule has 29 heavy (non-hydrogen) atoms. The molecule has 168 valence electrons. The molecular weight excluding hydrogens is 360 g/mol. The zero-order valence-electron chi connectivity index (χ0n) is 19.3. The van der Waals surface area contributed by atoms with Gasteiger partial charge in [0.25, 0.3) is 0 Å². The van der Waals surface area contributed by atoms with E-state index in [1.165, 1.54) is 32.1 Å². The van der Waals surface area contributed by atoms with Crippen LogP contribution in [-0.2, 0) is 0 Å². The summed E-state index contributed by atoms with van der Waals surface area (Å²) in [6.07, 6.45) is 11.3. The van der Waals surface area contributed by atoms with Crippen LogP contribution in [0.1, 0.15) is 98.3 Å². The number of rotatable bonds is 5. The van der Waals surface area contributed by atoms with E-state index in [9.17, 15) is 15.3 Å². The van der Waals surface area contributed by atoms with Crippen molar-refractivity contribution in [3.8, 4) is 0 Å². The molecule has 0 radical (unpaired) electrons. The molecule has 0 heterocycles. The topological polar surface area (TPSA) is 60.7 Å². The molecule has 4 aliphatic carbocycles. The predicted octanol–water partition coefficient (Wildman–Crippen LogP) is 5.16. The lowest BCUT2D eigenvalue weighted by Gasteiger charge is -2.62. The van der Waals surface area contributed by atoms with Gasteiger partial charge in [0.2, 0.25) is 0 Å². The molecule has 0 aromatic heterocycles. The van der Waals surface area contributed by atoms with Crippen LogP contribution >= 0.6 is 0 Å². The van der Waals surface area contributed by atoms with E-state index in [1.807, 2.05) is 0 Å². The first-order chi connectivity index (χ1) is 13.7. The molecule has 0 saturated heterocycles. The number of aliphatic hydroxyl groups is 3. The highest BCUT2D eigenvalue weighted by Gasteiger charge is 2.62. The van der Waals surface area contributed by atoms with Crippen LogP contribution in [0.5, 0.6) is 0 Å². The number of aliphatic hydroxyl groups excluding tert-OH is 3. The van der Waals surface area contributed by atoms with Crippen molar-refractivity contribution < 1.29 is 15.3 Å². The minimum Gasteiger partial charge on any atom is -0.393 e. The minimum atomic E-state index is -0.256. The quantitative estimate of drug-likeness (QED) is 0.591. The van der Waals surface area contributed by atoms with Crippen molar-refractivity contribution in [3.63, 3.8) is 0 Å². The van der Waals surface area contributed by atoms with Crippen LogP contribution in [-0.4, -0.2) is 33.6 Å². The van der Waals surface area contributed by atoms with Crippen molar-refractivity contribution in [2.45, 2.75) is 117 Å². The van der Waals surface area contributed by atoms with Crippen LogP contribution in [0.15, 0.2) is 0 Å². The summed E-state index contributed by atoms with van der Waals surface area (Å²) < 4.78 is 0. The maximum atomic E-state index is 11.1. The molecule has 0 aliphatic heterocycles. The number of hydrogen-bond donors (Lipinski definition) is 3. The molecule has 0 aromatic rings. The lowest BCUT2D eigenvalue weighted by atomic mass is 9.44. The Morgan fingerprint density at radius 1 is 0.828 bits per heavy atom. The molecule has 0 aromatic carbocycles. The second-order valence-corrected chi connectivity index (χ2v) is 12.3. The highest BCUT2D eigenvalue weighted by molar-refractivity contribution is 5.11. The summed E-state index contributed by atoms with van der Waals surface area (Å²) >= 11 is 0. The molecule has 4 aliphatic rings. The van der Waals surface area contributed by atoms with E-state index < -0.39 is 0 Å². The number of hydrogen-bond acceptors (Lipinski definition) is 3. The highest BCUT2D eigenvalue weighted by Crippen LogP contribution is 2.67. The Labute approximate surface area is 178 Å². The molecule has 4 saturated carbocycles. The minimum absolute atomic E-state index is 0.151. The van der Waals surface area contributed by atoms with Gasteiger partial charge in [0.05, 0.1) is 18.3 Å². The van der Waals surface area contributed by atoms with Gasteiger partial charge in [-0.3, -0.25) is 0 Å². The van der Waals surface area contributed by atoms with Crippen molar-refractivity contribution in [3.05, 3.63) is 0 Å². The standard InChI is InChI=1S/C26H46O3/c1-16(2)6-5-7-23(28)21-9-8-19-18-15-24(29)22-14-17(27)10-12-26(22,4)20(18)11-13-25(19,21)3/h16-24,27-29H,5-15H2,1-4H3/t17-,18-,19-,20-,21+,22+,23+,24-,25-,26+/m0/s1. The van der Waals surface area contributed by atoms with E-state index in [1.54, 1.807) is 0 Å². The summed E-state index contributed by atoms with van der Waals surface area (Å²) in [6.45, 7) is 9.45. The zero-order valence-corrected chi connectivity index (χ0v) is 19.3. The molecule has 10 atom stereocenters. The Hall–Kier alpha value is -0.120. The Kier molecular flexibility index (Phi) is 6.17. The Balaban J connectivity index is 1.50. The maximum Gasteiger partial charge on any atom is 0.0577 e. The largest absolute Gasteiger partial charge is 0.393 e. The van der Waals surface area contributed by atoms with Crippen LogP contribution < -0.4 is 0 Å². The highest BCUT2D eigenvalue weighted by atomic mass is 16.3. The lowest BCUT2D eigenvalue weighted by Crippen LogP contribution is -2.58. The van der Waals surface area contributed by atoms with Crippen molar-refractivity contribution in [1.29, 1.82) is 0 Å². The number of fused-ring (bicyclic) bond motifs is 5. The summed E-state index contributed by atoms with van der Waals surface area (Å²) in [5.41, 5.74) is 0.437. The maximum absolute atomic E-state index is 11.1. The van der Waals surface area contributed by atoms with Gasteiger partial charge in [0.15, 0.2) is 0 Å². The van der Waals surface area contributed by atoms with E-state index in [0.29, 0.717) is 23.7 Å². The Bertz CT molecular complexity index is 576. The van der Waals surface area contributed by atoms with E-state index in [2.05, 4.69) is 27.7 Å². The van der Waals surface area contributed by atoms with Gasteiger partial charge in [-0.2, -0.15) is 0 Å². The summed E-state index contributed by atoms with van der Waals surface area (Å²) in [5.74, 6) is 3.39. The smallest absolute Gasteiger partial charge is 0.0577 e. The first-order valence-electron chi connectivity index (χ1n) is 12.7. The van der Waals surface area contributed by atoms with Gasteiger partial charge >= 0.3 is 0 Å². The fraction of sp³-hybridized carbons (Fsp3) is 1.00. The predicted molar refractivity (Wildman–Crippen MR) is 117 cm³/mol. The van der Waals surface area contributed by atoms with Crippen LogP contribution in [0.2, 0.25) is 0 Å². The van der Waals surface area contributed by atoms with Gasteiger partial charge in [-0.25, -0.2) is 0 Å². The molecule has 4 fully saturated rings. The molecule has 0 amide bonds. The van der Waals surface area contributed by atoms with Crippen LogP contribution in [0.4, 0.5) is 0 Å². The zero-order chi connectivity index (χ0) is 21.0. The van der Waals surface area contributed by atoms with Crippen molar-refractivity contribution >= 4 is 0 Å². The van der Waals surface area contributed by atoms with Gasteiger partial charge in [-0.15, -0.1) is 0 Å². The van der Waals surface area contributed by atoms with Gasteiger partial charge in [-0.05, 0) is 104 Å². The molecular formula is C26H46O3. The average molecular weight is 407 g/mol. The van der Waals surface area contributed by atoms with Crippen molar-refractivity contribution in [2.75, 3.05) is 0 Å². The van der Waals surface area contributed by atoms with E-state index in [4.69, 9.17) is 0 Å². The molecule has 0 unspecified atom stereocenters. The van der Waals surface area contributed by atoms with E-state index >= 15 is 0 Å². The van der Waals surface area contributed by atoms with Crippen molar-refractivity contribution in [2.24, 2.45) is 46.3 Å². The van der Waals surface area contributed by atoms with Crippen molar-refractivity contribution in [1.82, 2.24) is 0 Å². The van der Waals surface area contributed by atoms with Crippen LogP contribution in [0, 0.1) is 46.3 Å². The molecule has 3 heteroatoms. The van der Waals surface area contributed by atoms with Gasteiger partial charge < -0.3 is 15.3 Å². The average Bonchev–Trinajstić information content (AvgIpc) is 3.00. The lowest BCUT2D eigenvalue weighted by molar-refractivity contribution is -0.174. The third-order valence-electron chi connectivity index (χ3n) is 10.5. The Morgan fingerprint density at radius 2 is 1.52 bits per heavy atom. The third-order valence-corrected chi connectivity index (χ3v) is 10.5. The van der Waals surface area contributed by atoms with Gasteiger partial charge in [-0.1, -0.05) is 40.5 Å². The van der Waals surface area contributed by atoms with Crippen LogP contribution in [0.3, 0.4) is 0 Å². The SMILES string of the molecule is CC(C)CCC[C@@H](O)[C@H]1CC[C@H]2[C@@H]3C[C@H](O)[C@H]4C[C@@H](O)CC[C@]4(C)[C@H]3CC[C@]12C. The molecule has 0 spiro atoms. The first-order valence-corrected chi connectivity index (χ1v) is 12.7. The first kappa shape index (κ1) is 22.1. The van der Waals surface area contributed by atoms with Gasteiger partial charge in [0, 0.05) is 0 Å². The fourth-order valence-corrected chi connectivity index (χ4v) is 8.89. The van der Waals surface area contributed by atoms with E-state index in [0.717, 1.165) is 44.4 Å². The second kappa shape index (κ2) is 8.10. The Morgan fingerprint density at radius 3 is 2.24 bits per heavy atom. The molecule has 0 bridgehead atoms. The molecule has 3 nitrogen and oxygen atoms in total. The van der Waals surface area contributed by atoms with Gasteiger partial charge in [0.1, 0.15) is 0 Å². The van der Waals surface area contributed by atoms with E-state index in [-0.39, 0.29) is 35.1 Å². The summed E-state index contributed by atoms with van der Waals surface area (Å²) in [7, 11) is 0. The monoisotopic (exact) mass is 406 g/mol. The second-order valence-electron chi connectivity index (χ2n) is 12.3. The fourth-order valence-electron chi connectivity index (χ4n) is 8.89. The molecule has 4 rings (SSSR count).